The van der Waals surface area contributed by atoms with Crippen LogP contribution in [0.25, 0.3) is 0 Å². The van der Waals surface area contributed by atoms with E-state index in [9.17, 15) is 8.42 Å². The molecule has 1 N–H and O–H groups in total. The summed E-state index contributed by atoms with van der Waals surface area (Å²) in [6, 6.07) is 12.1. The Balaban J connectivity index is 2.02. The topological polar surface area (TPSA) is 64.6 Å². The number of nitrogens with one attached hydrogen (secondary N) is 1. The van der Waals surface area contributed by atoms with Crippen molar-refractivity contribution in [2.24, 2.45) is 0 Å². The summed E-state index contributed by atoms with van der Waals surface area (Å²) >= 11 is 3.27. The first kappa shape index (κ1) is 17.8. The fourth-order valence-corrected chi connectivity index (χ4v) is 3.71. The third-order valence-corrected chi connectivity index (χ3v) is 5.21. The number of hydrogen-bond acceptors (Lipinski definition) is 4. The SMILES string of the molecule is COc1ccc(CCNS(=O)(=O)c2cccc(Br)c2)cc1OC. The van der Waals surface area contributed by atoms with Crippen LogP contribution in [0, 0.1) is 0 Å². The van der Waals surface area contributed by atoms with Crippen LogP contribution in [-0.2, 0) is 16.4 Å². The molecule has 0 unspecified atom stereocenters. The van der Waals surface area contributed by atoms with E-state index in [0.717, 1.165) is 10.0 Å². The maximum absolute atomic E-state index is 12.2. The first-order valence-electron chi connectivity index (χ1n) is 6.92. The quantitative estimate of drug-likeness (QED) is 0.776. The van der Waals surface area contributed by atoms with E-state index in [1.54, 1.807) is 44.6 Å². The molecule has 0 spiro atoms. The van der Waals surface area contributed by atoms with Gasteiger partial charge in [0.25, 0.3) is 0 Å². The molecule has 0 aromatic heterocycles. The van der Waals surface area contributed by atoms with E-state index >= 15 is 0 Å². The Morgan fingerprint density at radius 3 is 2.43 bits per heavy atom. The van der Waals surface area contributed by atoms with E-state index < -0.39 is 10.0 Å². The molecule has 2 aromatic rings. The van der Waals surface area contributed by atoms with Crippen LogP contribution in [-0.4, -0.2) is 29.2 Å². The predicted octanol–water partition coefficient (Wildman–Crippen LogP) is 2.99. The maximum atomic E-state index is 12.2. The zero-order valence-electron chi connectivity index (χ0n) is 12.9. The molecule has 0 bridgehead atoms. The zero-order chi connectivity index (χ0) is 16.9. The molecule has 0 amide bonds. The molecule has 0 saturated carbocycles. The molecule has 5 nitrogen and oxygen atoms in total. The Morgan fingerprint density at radius 2 is 1.78 bits per heavy atom. The number of ether oxygens (including phenoxy) is 2. The summed E-state index contributed by atoms with van der Waals surface area (Å²) < 4.78 is 38.2. The minimum Gasteiger partial charge on any atom is -0.493 e. The Hall–Kier alpha value is -1.57. The average Bonchev–Trinajstić information content (AvgIpc) is 2.54. The third-order valence-electron chi connectivity index (χ3n) is 3.26. The number of rotatable bonds is 7. The molecule has 0 aliphatic heterocycles. The van der Waals surface area contributed by atoms with Crippen LogP contribution in [0.4, 0.5) is 0 Å². The van der Waals surface area contributed by atoms with Crippen molar-refractivity contribution in [2.45, 2.75) is 11.3 Å². The lowest BCUT2D eigenvalue weighted by Crippen LogP contribution is -2.26. The second-order valence-corrected chi connectivity index (χ2v) is 7.48. The van der Waals surface area contributed by atoms with Gasteiger partial charge in [0.1, 0.15) is 0 Å². The first-order valence-corrected chi connectivity index (χ1v) is 9.20. The van der Waals surface area contributed by atoms with Crippen molar-refractivity contribution in [1.29, 1.82) is 0 Å². The van der Waals surface area contributed by atoms with Crippen LogP contribution in [0.2, 0.25) is 0 Å². The van der Waals surface area contributed by atoms with Gasteiger partial charge in [0, 0.05) is 11.0 Å². The number of hydrogen-bond donors (Lipinski definition) is 1. The van der Waals surface area contributed by atoms with Crippen molar-refractivity contribution in [1.82, 2.24) is 4.72 Å². The molecule has 0 heterocycles. The molecule has 0 aliphatic carbocycles. The fourth-order valence-electron chi connectivity index (χ4n) is 2.08. The normalized spacial score (nSPS) is 11.3. The highest BCUT2D eigenvalue weighted by Gasteiger charge is 2.13. The van der Waals surface area contributed by atoms with E-state index in [4.69, 9.17) is 9.47 Å². The van der Waals surface area contributed by atoms with E-state index in [2.05, 4.69) is 20.7 Å². The second kappa shape index (κ2) is 7.81. The summed E-state index contributed by atoms with van der Waals surface area (Å²) in [5.41, 5.74) is 0.958. The molecular weight excluding hydrogens is 382 g/mol. The summed E-state index contributed by atoms with van der Waals surface area (Å²) in [6.07, 6.45) is 0.549. The predicted molar refractivity (Wildman–Crippen MR) is 92.6 cm³/mol. The van der Waals surface area contributed by atoms with Crippen LogP contribution in [0.3, 0.4) is 0 Å². The fraction of sp³-hybridized carbons (Fsp3) is 0.250. The van der Waals surface area contributed by atoms with Gasteiger partial charge in [0.15, 0.2) is 11.5 Å². The molecule has 0 aliphatic rings. The summed E-state index contributed by atoms with van der Waals surface area (Å²) in [6.45, 7) is 0.296. The van der Waals surface area contributed by atoms with Gasteiger partial charge < -0.3 is 9.47 Å². The van der Waals surface area contributed by atoms with Crippen LogP contribution < -0.4 is 14.2 Å². The first-order chi connectivity index (χ1) is 11.0. The van der Waals surface area contributed by atoms with Gasteiger partial charge in [0.05, 0.1) is 19.1 Å². The van der Waals surface area contributed by atoms with E-state index in [1.807, 2.05) is 12.1 Å². The van der Waals surface area contributed by atoms with E-state index in [1.165, 1.54) is 0 Å². The second-order valence-electron chi connectivity index (χ2n) is 4.79. The van der Waals surface area contributed by atoms with Crippen molar-refractivity contribution in [3.8, 4) is 11.5 Å². The Kier molecular flexibility index (Phi) is 6.04. The van der Waals surface area contributed by atoms with E-state index in [0.29, 0.717) is 24.5 Å². The molecule has 2 rings (SSSR count). The summed E-state index contributed by atoms with van der Waals surface area (Å²) in [5, 5.41) is 0. The molecule has 0 saturated heterocycles. The van der Waals surface area contributed by atoms with Crippen LogP contribution >= 0.6 is 15.9 Å². The lowest BCUT2D eigenvalue weighted by atomic mass is 10.1. The molecular formula is C16H18BrNO4S. The maximum Gasteiger partial charge on any atom is 0.240 e. The van der Waals surface area contributed by atoms with Gasteiger partial charge >= 0.3 is 0 Å². The number of benzene rings is 2. The number of methoxy groups -OCH3 is 2. The van der Waals surface area contributed by atoms with Gasteiger partial charge in [-0.15, -0.1) is 0 Å². The minimum absolute atomic E-state index is 0.235. The van der Waals surface area contributed by atoms with E-state index in [-0.39, 0.29) is 4.90 Å². The largest absolute Gasteiger partial charge is 0.493 e. The van der Waals surface area contributed by atoms with Gasteiger partial charge in [0.2, 0.25) is 10.0 Å². The van der Waals surface area contributed by atoms with Crippen molar-refractivity contribution in [3.63, 3.8) is 0 Å². The summed E-state index contributed by atoms with van der Waals surface area (Å²) in [4.78, 5) is 0.235. The highest BCUT2D eigenvalue weighted by molar-refractivity contribution is 9.10. The van der Waals surface area contributed by atoms with Crippen LogP contribution in [0.15, 0.2) is 51.8 Å². The summed E-state index contributed by atoms with van der Waals surface area (Å²) in [5.74, 6) is 1.27. The highest BCUT2D eigenvalue weighted by atomic mass is 79.9. The third kappa shape index (κ3) is 4.70. The van der Waals surface area contributed by atoms with Crippen LogP contribution in [0.1, 0.15) is 5.56 Å². The Labute approximate surface area is 144 Å². The monoisotopic (exact) mass is 399 g/mol. The molecule has 0 atom stereocenters. The van der Waals surface area contributed by atoms with Gasteiger partial charge in [-0.2, -0.15) is 0 Å². The van der Waals surface area contributed by atoms with Gasteiger partial charge in [-0.05, 0) is 42.3 Å². The van der Waals surface area contributed by atoms with Crippen molar-refractivity contribution < 1.29 is 17.9 Å². The van der Waals surface area contributed by atoms with Crippen LogP contribution in [0.5, 0.6) is 11.5 Å². The molecule has 124 valence electrons. The Bertz CT molecular complexity index is 777. The van der Waals surface area contributed by atoms with Crippen molar-refractivity contribution in [2.75, 3.05) is 20.8 Å². The minimum atomic E-state index is -3.52. The Morgan fingerprint density at radius 1 is 1.04 bits per heavy atom. The number of sulfonamides is 1. The molecule has 23 heavy (non-hydrogen) atoms. The molecule has 2 aromatic carbocycles. The van der Waals surface area contributed by atoms with Gasteiger partial charge in [-0.25, -0.2) is 13.1 Å². The van der Waals surface area contributed by atoms with Crippen molar-refractivity contribution in [3.05, 3.63) is 52.5 Å². The lowest BCUT2D eigenvalue weighted by molar-refractivity contribution is 0.354. The zero-order valence-corrected chi connectivity index (χ0v) is 15.3. The van der Waals surface area contributed by atoms with Gasteiger partial charge in [-0.3, -0.25) is 0 Å². The van der Waals surface area contributed by atoms with Crippen molar-refractivity contribution >= 4 is 26.0 Å². The lowest BCUT2D eigenvalue weighted by Gasteiger charge is -2.10. The number of halogens is 1. The smallest absolute Gasteiger partial charge is 0.240 e. The summed E-state index contributed by atoms with van der Waals surface area (Å²) in [7, 11) is -0.377. The molecule has 7 heteroatoms. The molecule has 0 radical (unpaired) electrons. The average molecular weight is 400 g/mol. The molecule has 0 fully saturated rings. The van der Waals surface area contributed by atoms with Gasteiger partial charge in [-0.1, -0.05) is 28.1 Å². The highest BCUT2D eigenvalue weighted by Crippen LogP contribution is 2.27. The standard InChI is InChI=1S/C16H18BrNO4S/c1-21-15-7-6-12(10-16(15)22-2)8-9-18-23(19,20)14-5-3-4-13(17)11-14/h3-7,10-11,18H,8-9H2,1-2H3.